The number of Topliss-reactive ketones (excluding diaryl/α,β-unsaturated/α-hetero) is 1. The molecule has 7 heteroatoms. The fraction of sp³-hybridized carbons (Fsp3) is 0.393. The standard InChI is InChI=1S/C28H31N3O4/c1-18-22(16-20-8-6-5-7-9-20)27(30-19(2)29-18)31-14-12-28(13-15-31)17-23(32)21-10-11-24(33-3)26(34-4)25(21)35-28/h5-11H,12-17H2,1-4H3. The molecule has 0 atom stereocenters. The van der Waals surface area contributed by atoms with Crippen LogP contribution >= 0.6 is 0 Å². The number of ether oxygens (including phenoxy) is 3. The first-order chi connectivity index (χ1) is 16.9. The van der Waals surface area contributed by atoms with Crippen molar-refractivity contribution in [2.45, 2.75) is 45.1 Å². The SMILES string of the molecule is COc1ccc2c(c1OC)OC1(CCN(c3nc(C)nc(C)c3Cc3ccccc3)CC1)CC2=O. The molecule has 0 aliphatic carbocycles. The van der Waals surface area contributed by atoms with Crippen molar-refractivity contribution >= 4 is 11.6 Å². The third-order valence-corrected chi connectivity index (χ3v) is 7.10. The topological polar surface area (TPSA) is 73.8 Å². The van der Waals surface area contributed by atoms with Crippen LogP contribution in [0.3, 0.4) is 0 Å². The molecule has 2 aromatic carbocycles. The number of carbonyl (C=O) groups excluding carboxylic acids is 1. The van der Waals surface area contributed by atoms with Gasteiger partial charge in [0.25, 0.3) is 0 Å². The average Bonchev–Trinajstić information content (AvgIpc) is 2.86. The van der Waals surface area contributed by atoms with Gasteiger partial charge in [-0.2, -0.15) is 0 Å². The lowest BCUT2D eigenvalue weighted by Gasteiger charge is -2.44. The maximum Gasteiger partial charge on any atom is 0.204 e. The van der Waals surface area contributed by atoms with Crippen molar-refractivity contribution in [2.75, 3.05) is 32.2 Å². The summed E-state index contributed by atoms with van der Waals surface area (Å²) in [5.74, 6) is 3.37. The number of methoxy groups -OCH3 is 2. The number of hydrogen-bond acceptors (Lipinski definition) is 7. The normalized spacial score (nSPS) is 16.6. The van der Waals surface area contributed by atoms with E-state index >= 15 is 0 Å². The first-order valence-electron chi connectivity index (χ1n) is 12.0. The number of benzene rings is 2. The second-order valence-electron chi connectivity index (χ2n) is 9.37. The molecule has 1 fully saturated rings. The Morgan fingerprint density at radius 1 is 1.00 bits per heavy atom. The number of carbonyl (C=O) groups is 1. The Morgan fingerprint density at radius 2 is 1.74 bits per heavy atom. The number of nitrogens with zero attached hydrogens (tertiary/aromatic N) is 3. The van der Waals surface area contributed by atoms with Crippen LogP contribution < -0.4 is 19.1 Å². The van der Waals surface area contributed by atoms with E-state index in [2.05, 4.69) is 41.1 Å². The fourth-order valence-corrected chi connectivity index (χ4v) is 5.25. The van der Waals surface area contributed by atoms with Gasteiger partial charge >= 0.3 is 0 Å². The molecule has 0 bridgehead atoms. The summed E-state index contributed by atoms with van der Waals surface area (Å²) < 4.78 is 17.6. The van der Waals surface area contributed by atoms with Crippen LogP contribution in [0, 0.1) is 13.8 Å². The number of ketones is 1. The summed E-state index contributed by atoms with van der Waals surface area (Å²) in [6.07, 6.45) is 2.57. The van der Waals surface area contributed by atoms with E-state index in [4.69, 9.17) is 19.2 Å². The minimum atomic E-state index is -0.559. The van der Waals surface area contributed by atoms with E-state index < -0.39 is 5.60 Å². The van der Waals surface area contributed by atoms with Crippen LogP contribution in [0.2, 0.25) is 0 Å². The fourth-order valence-electron chi connectivity index (χ4n) is 5.25. The van der Waals surface area contributed by atoms with E-state index in [-0.39, 0.29) is 5.78 Å². The number of anilines is 1. The lowest BCUT2D eigenvalue weighted by molar-refractivity contribution is 0.0207. The predicted octanol–water partition coefficient (Wildman–Crippen LogP) is 4.71. The number of aromatic nitrogens is 2. The van der Waals surface area contributed by atoms with Gasteiger partial charge in [0.15, 0.2) is 17.3 Å². The molecular formula is C28H31N3O4. The molecule has 0 radical (unpaired) electrons. The molecule has 0 unspecified atom stereocenters. The van der Waals surface area contributed by atoms with E-state index in [9.17, 15) is 4.79 Å². The maximum atomic E-state index is 13.1. The zero-order chi connectivity index (χ0) is 24.6. The molecule has 3 aromatic rings. The quantitative estimate of drug-likeness (QED) is 0.531. The molecule has 1 spiro atoms. The molecule has 182 valence electrons. The second-order valence-corrected chi connectivity index (χ2v) is 9.37. The highest BCUT2D eigenvalue weighted by Crippen LogP contribution is 2.48. The molecule has 0 amide bonds. The van der Waals surface area contributed by atoms with Crippen molar-refractivity contribution in [3.8, 4) is 17.2 Å². The first kappa shape index (κ1) is 23.1. The lowest BCUT2D eigenvalue weighted by atomic mass is 9.82. The summed E-state index contributed by atoms with van der Waals surface area (Å²) in [6.45, 7) is 5.48. The Balaban J connectivity index is 1.41. The summed E-state index contributed by atoms with van der Waals surface area (Å²) in [4.78, 5) is 24.9. The third kappa shape index (κ3) is 4.31. The van der Waals surface area contributed by atoms with Crippen LogP contribution in [0.4, 0.5) is 5.82 Å². The molecule has 2 aliphatic heterocycles. The summed E-state index contributed by atoms with van der Waals surface area (Å²) in [6, 6.07) is 13.9. The maximum absolute atomic E-state index is 13.1. The number of piperidine rings is 1. The van der Waals surface area contributed by atoms with Crippen LogP contribution in [-0.4, -0.2) is 48.7 Å². The second kappa shape index (κ2) is 9.21. The van der Waals surface area contributed by atoms with Gasteiger partial charge in [-0.1, -0.05) is 30.3 Å². The highest BCUT2D eigenvalue weighted by Gasteiger charge is 2.45. The minimum absolute atomic E-state index is 0.0825. The number of aryl methyl sites for hydroxylation is 2. The molecular weight excluding hydrogens is 442 g/mol. The van der Waals surface area contributed by atoms with Crippen molar-refractivity contribution < 1.29 is 19.0 Å². The summed E-state index contributed by atoms with van der Waals surface area (Å²) in [5, 5.41) is 0. The van der Waals surface area contributed by atoms with Crippen molar-refractivity contribution in [3.05, 3.63) is 70.7 Å². The van der Waals surface area contributed by atoms with Crippen molar-refractivity contribution in [1.82, 2.24) is 9.97 Å². The van der Waals surface area contributed by atoms with Crippen molar-refractivity contribution in [1.29, 1.82) is 0 Å². The molecule has 5 rings (SSSR count). The molecule has 2 aliphatic rings. The predicted molar refractivity (Wildman–Crippen MR) is 134 cm³/mol. The zero-order valence-corrected chi connectivity index (χ0v) is 20.8. The van der Waals surface area contributed by atoms with Crippen LogP contribution in [0.5, 0.6) is 17.2 Å². The summed E-state index contributed by atoms with van der Waals surface area (Å²) >= 11 is 0. The van der Waals surface area contributed by atoms with Gasteiger partial charge in [-0.3, -0.25) is 4.79 Å². The van der Waals surface area contributed by atoms with Crippen LogP contribution in [0.25, 0.3) is 0 Å². The Morgan fingerprint density at radius 3 is 2.43 bits per heavy atom. The van der Waals surface area contributed by atoms with Gasteiger partial charge in [0.1, 0.15) is 17.2 Å². The molecule has 7 nitrogen and oxygen atoms in total. The smallest absolute Gasteiger partial charge is 0.204 e. The Kier molecular flexibility index (Phi) is 6.09. The Bertz CT molecular complexity index is 1250. The monoisotopic (exact) mass is 473 g/mol. The summed E-state index contributed by atoms with van der Waals surface area (Å²) in [7, 11) is 3.16. The first-order valence-corrected chi connectivity index (χ1v) is 12.0. The van der Waals surface area contributed by atoms with Crippen LogP contribution in [0.1, 0.15) is 52.3 Å². The van der Waals surface area contributed by atoms with Gasteiger partial charge < -0.3 is 19.1 Å². The third-order valence-electron chi connectivity index (χ3n) is 7.10. The van der Waals surface area contributed by atoms with Crippen LogP contribution in [0.15, 0.2) is 42.5 Å². The van der Waals surface area contributed by atoms with Gasteiger partial charge in [0, 0.05) is 43.6 Å². The van der Waals surface area contributed by atoms with Gasteiger partial charge in [-0.15, -0.1) is 0 Å². The zero-order valence-electron chi connectivity index (χ0n) is 20.8. The molecule has 0 saturated carbocycles. The number of hydrogen-bond donors (Lipinski definition) is 0. The molecule has 3 heterocycles. The number of fused-ring (bicyclic) bond motifs is 1. The molecule has 35 heavy (non-hydrogen) atoms. The van der Waals surface area contributed by atoms with E-state index in [0.29, 0.717) is 42.1 Å². The van der Waals surface area contributed by atoms with Crippen LogP contribution in [-0.2, 0) is 6.42 Å². The van der Waals surface area contributed by atoms with Crippen molar-refractivity contribution in [2.24, 2.45) is 0 Å². The van der Waals surface area contributed by atoms with E-state index in [1.54, 1.807) is 26.4 Å². The largest absolute Gasteiger partial charge is 0.493 e. The van der Waals surface area contributed by atoms with E-state index in [1.165, 1.54) is 5.56 Å². The molecule has 0 N–H and O–H groups in total. The Hall–Kier alpha value is -3.61. The highest BCUT2D eigenvalue weighted by atomic mass is 16.5. The lowest BCUT2D eigenvalue weighted by Crippen LogP contribution is -2.51. The van der Waals surface area contributed by atoms with E-state index in [1.807, 2.05) is 13.0 Å². The van der Waals surface area contributed by atoms with Gasteiger partial charge in [-0.25, -0.2) is 9.97 Å². The molecule has 1 aromatic heterocycles. The van der Waals surface area contributed by atoms with Crippen molar-refractivity contribution in [3.63, 3.8) is 0 Å². The van der Waals surface area contributed by atoms with E-state index in [0.717, 1.165) is 42.4 Å². The van der Waals surface area contributed by atoms with Gasteiger partial charge in [-0.05, 0) is 31.5 Å². The molecule has 1 saturated heterocycles. The van der Waals surface area contributed by atoms with Gasteiger partial charge in [0.2, 0.25) is 5.75 Å². The Labute approximate surface area is 206 Å². The minimum Gasteiger partial charge on any atom is -0.493 e. The average molecular weight is 474 g/mol. The number of rotatable bonds is 5. The summed E-state index contributed by atoms with van der Waals surface area (Å²) in [5.41, 5.74) is 3.39. The highest BCUT2D eigenvalue weighted by molar-refractivity contribution is 6.01. The van der Waals surface area contributed by atoms with Gasteiger partial charge in [0.05, 0.1) is 26.2 Å².